The highest BCUT2D eigenvalue weighted by Gasteiger charge is 2.12. The molecule has 0 saturated heterocycles. The van der Waals surface area contributed by atoms with Gasteiger partial charge in [-0.05, 0) is 36.5 Å². The highest BCUT2D eigenvalue weighted by Crippen LogP contribution is 2.29. The van der Waals surface area contributed by atoms with Gasteiger partial charge in [0.05, 0.1) is 0 Å². The predicted octanol–water partition coefficient (Wildman–Crippen LogP) is 3.56. The molecule has 2 rings (SSSR count). The SMILES string of the molecule is Cn1c(Oc2ccc(F)cc2)c(C=O)sc1=S. The maximum atomic E-state index is 12.7. The predicted molar refractivity (Wildman–Crippen MR) is 66.0 cm³/mol. The van der Waals surface area contributed by atoms with Gasteiger partial charge in [-0.25, -0.2) is 4.39 Å². The van der Waals surface area contributed by atoms with E-state index in [1.54, 1.807) is 11.6 Å². The van der Waals surface area contributed by atoms with E-state index >= 15 is 0 Å². The molecule has 0 amide bonds. The number of aldehydes is 1. The number of rotatable bonds is 3. The van der Waals surface area contributed by atoms with Gasteiger partial charge in [-0.2, -0.15) is 0 Å². The summed E-state index contributed by atoms with van der Waals surface area (Å²) in [5, 5.41) is 0. The van der Waals surface area contributed by atoms with Crippen LogP contribution in [0.4, 0.5) is 4.39 Å². The molecule has 0 radical (unpaired) electrons. The molecule has 17 heavy (non-hydrogen) atoms. The van der Waals surface area contributed by atoms with Crippen molar-refractivity contribution in [3.8, 4) is 11.6 Å². The molecule has 2 aromatic rings. The van der Waals surface area contributed by atoms with Gasteiger partial charge in [0.15, 0.2) is 10.2 Å². The van der Waals surface area contributed by atoms with E-state index in [2.05, 4.69) is 0 Å². The van der Waals surface area contributed by atoms with E-state index in [1.807, 2.05) is 0 Å². The van der Waals surface area contributed by atoms with Gasteiger partial charge in [0.2, 0.25) is 5.88 Å². The minimum Gasteiger partial charge on any atom is -0.439 e. The lowest BCUT2D eigenvalue weighted by molar-refractivity contribution is 0.112. The molecule has 1 heterocycles. The zero-order valence-corrected chi connectivity index (χ0v) is 10.5. The van der Waals surface area contributed by atoms with Crippen molar-refractivity contribution in [2.75, 3.05) is 0 Å². The Morgan fingerprint density at radius 2 is 2.06 bits per heavy atom. The lowest BCUT2D eigenvalue weighted by Crippen LogP contribution is -1.95. The highest BCUT2D eigenvalue weighted by molar-refractivity contribution is 7.73. The van der Waals surface area contributed by atoms with Crippen molar-refractivity contribution in [3.05, 3.63) is 38.9 Å². The molecule has 88 valence electrons. The fourth-order valence-corrected chi connectivity index (χ4v) is 2.34. The van der Waals surface area contributed by atoms with Crippen LogP contribution >= 0.6 is 23.6 Å². The average Bonchev–Trinajstić information content (AvgIpc) is 2.59. The summed E-state index contributed by atoms with van der Waals surface area (Å²) in [5.74, 6) is 0.492. The minimum absolute atomic E-state index is 0.341. The number of thiazole rings is 1. The third kappa shape index (κ3) is 2.42. The van der Waals surface area contributed by atoms with Gasteiger partial charge in [-0.3, -0.25) is 9.36 Å². The van der Waals surface area contributed by atoms with Crippen LogP contribution in [0.2, 0.25) is 0 Å². The fraction of sp³-hybridized carbons (Fsp3) is 0.0909. The molecule has 0 fully saturated rings. The Hall–Kier alpha value is -1.53. The van der Waals surface area contributed by atoms with Crippen LogP contribution in [0, 0.1) is 9.77 Å². The molecule has 1 aromatic carbocycles. The van der Waals surface area contributed by atoms with Crippen LogP contribution in [0.25, 0.3) is 0 Å². The number of ether oxygens (including phenoxy) is 1. The second kappa shape index (κ2) is 4.77. The van der Waals surface area contributed by atoms with Gasteiger partial charge in [-0.15, -0.1) is 0 Å². The molecule has 0 aliphatic heterocycles. The van der Waals surface area contributed by atoms with Gasteiger partial charge in [0.1, 0.15) is 16.4 Å². The first-order valence-corrected chi connectivity index (χ1v) is 5.92. The molecule has 0 atom stereocenters. The van der Waals surface area contributed by atoms with Crippen molar-refractivity contribution in [2.45, 2.75) is 0 Å². The number of aromatic nitrogens is 1. The number of carbonyl (C=O) groups excluding carboxylic acids is 1. The zero-order chi connectivity index (χ0) is 12.4. The molecule has 0 unspecified atom stereocenters. The van der Waals surface area contributed by atoms with E-state index in [1.165, 1.54) is 35.6 Å². The summed E-state index contributed by atoms with van der Waals surface area (Å²) in [5.41, 5.74) is 0. The summed E-state index contributed by atoms with van der Waals surface area (Å²) >= 11 is 6.22. The molecule has 1 aromatic heterocycles. The van der Waals surface area contributed by atoms with Crippen LogP contribution in [-0.4, -0.2) is 10.9 Å². The average molecular weight is 269 g/mol. The van der Waals surface area contributed by atoms with E-state index < -0.39 is 0 Å². The third-order valence-electron chi connectivity index (χ3n) is 2.12. The first-order chi connectivity index (χ1) is 8.11. The van der Waals surface area contributed by atoms with E-state index in [-0.39, 0.29) is 5.82 Å². The smallest absolute Gasteiger partial charge is 0.222 e. The lowest BCUT2D eigenvalue weighted by Gasteiger charge is -2.06. The van der Waals surface area contributed by atoms with Gasteiger partial charge >= 0.3 is 0 Å². The van der Waals surface area contributed by atoms with Gasteiger partial charge in [0, 0.05) is 7.05 Å². The zero-order valence-electron chi connectivity index (χ0n) is 8.84. The molecule has 0 saturated carbocycles. The van der Waals surface area contributed by atoms with Crippen molar-refractivity contribution in [1.29, 1.82) is 0 Å². The molecule has 0 aliphatic carbocycles. The van der Waals surface area contributed by atoms with E-state index in [4.69, 9.17) is 17.0 Å². The number of nitrogens with zero attached hydrogens (tertiary/aromatic N) is 1. The molecule has 0 N–H and O–H groups in total. The molecular weight excluding hydrogens is 261 g/mol. The van der Waals surface area contributed by atoms with Crippen molar-refractivity contribution < 1.29 is 13.9 Å². The Kier molecular flexibility index (Phi) is 3.35. The molecule has 6 heteroatoms. The van der Waals surface area contributed by atoms with Crippen LogP contribution < -0.4 is 4.74 Å². The van der Waals surface area contributed by atoms with E-state index in [0.29, 0.717) is 26.7 Å². The number of hydrogen-bond acceptors (Lipinski definition) is 4. The largest absolute Gasteiger partial charge is 0.439 e. The topological polar surface area (TPSA) is 31.2 Å². The van der Waals surface area contributed by atoms with Crippen molar-refractivity contribution >= 4 is 29.8 Å². The monoisotopic (exact) mass is 269 g/mol. The molecule has 0 aliphatic rings. The normalized spacial score (nSPS) is 10.2. The lowest BCUT2D eigenvalue weighted by atomic mass is 10.3. The maximum absolute atomic E-state index is 12.7. The molecule has 0 bridgehead atoms. The summed E-state index contributed by atoms with van der Waals surface area (Å²) in [6.07, 6.45) is 0.694. The van der Waals surface area contributed by atoms with E-state index in [9.17, 15) is 9.18 Å². The van der Waals surface area contributed by atoms with Gasteiger partial charge in [-0.1, -0.05) is 11.3 Å². The third-order valence-corrected chi connectivity index (χ3v) is 3.58. The summed E-state index contributed by atoms with van der Waals surface area (Å²) in [6, 6.07) is 5.56. The second-order valence-corrected chi connectivity index (χ2v) is 4.95. The van der Waals surface area contributed by atoms with Crippen LogP contribution in [0.1, 0.15) is 9.67 Å². The standard InChI is InChI=1S/C11H8FNO2S2/c1-13-10(9(6-14)17-11(13)16)15-8-4-2-7(12)3-5-8/h2-6H,1H3. The first-order valence-electron chi connectivity index (χ1n) is 4.70. The summed E-state index contributed by atoms with van der Waals surface area (Å²) in [7, 11) is 1.71. The number of halogens is 1. The Balaban J connectivity index is 2.38. The maximum Gasteiger partial charge on any atom is 0.222 e. The summed E-state index contributed by atoms with van der Waals surface area (Å²) < 4.78 is 20.4. The van der Waals surface area contributed by atoms with E-state index in [0.717, 1.165) is 0 Å². The Morgan fingerprint density at radius 1 is 1.41 bits per heavy atom. The van der Waals surface area contributed by atoms with Crippen molar-refractivity contribution in [2.24, 2.45) is 7.05 Å². The highest BCUT2D eigenvalue weighted by atomic mass is 32.1. The van der Waals surface area contributed by atoms with Crippen molar-refractivity contribution in [3.63, 3.8) is 0 Å². The Bertz CT molecular complexity index is 601. The van der Waals surface area contributed by atoms with Crippen LogP contribution in [0.15, 0.2) is 24.3 Å². The summed E-state index contributed by atoms with van der Waals surface area (Å²) in [6.45, 7) is 0. The number of benzene rings is 1. The quantitative estimate of drug-likeness (QED) is 0.630. The number of carbonyl (C=O) groups is 1. The van der Waals surface area contributed by atoms with Gasteiger partial charge < -0.3 is 4.74 Å². The molecule has 3 nitrogen and oxygen atoms in total. The van der Waals surface area contributed by atoms with Crippen LogP contribution in [0.5, 0.6) is 11.6 Å². The Morgan fingerprint density at radius 3 is 2.65 bits per heavy atom. The first kappa shape index (κ1) is 11.9. The number of hydrogen-bond donors (Lipinski definition) is 0. The van der Waals surface area contributed by atoms with Crippen LogP contribution in [0.3, 0.4) is 0 Å². The fourth-order valence-electron chi connectivity index (χ4n) is 1.26. The molecule has 0 spiro atoms. The molecular formula is C11H8FNO2S2. The summed E-state index contributed by atoms with van der Waals surface area (Å²) in [4.78, 5) is 11.3. The second-order valence-electron chi connectivity index (χ2n) is 3.27. The Labute approximate surface area is 106 Å². The minimum atomic E-state index is -0.341. The van der Waals surface area contributed by atoms with Crippen molar-refractivity contribution in [1.82, 2.24) is 4.57 Å². The van der Waals surface area contributed by atoms with Gasteiger partial charge in [0.25, 0.3) is 0 Å². The van der Waals surface area contributed by atoms with Crippen LogP contribution in [-0.2, 0) is 7.05 Å².